The molecular weight excluding hydrogens is 198 g/mol. The maximum Gasteiger partial charge on any atom is 0.211 e. The van der Waals surface area contributed by atoms with Crippen molar-refractivity contribution in [1.82, 2.24) is 5.43 Å². The molecule has 0 radical (unpaired) electrons. The molecule has 1 aromatic carbocycles. The monoisotopic (exact) mass is 209 g/mol. The highest BCUT2D eigenvalue weighted by atomic mass is 16.3. The lowest BCUT2D eigenvalue weighted by molar-refractivity contribution is -0.105. The van der Waals surface area contributed by atoms with Gasteiger partial charge in [-0.2, -0.15) is 5.10 Å². The lowest BCUT2D eigenvalue weighted by Crippen LogP contribution is -2.32. The van der Waals surface area contributed by atoms with Crippen LogP contribution < -0.4 is 22.4 Å². The molecule has 0 bridgehead atoms. The summed E-state index contributed by atoms with van der Waals surface area (Å²) in [5.41, 5.74) is 3.04. The molecule has 7 N–H and O–H groups in total. The summed E-state index contributed by atoms with van der Waals surface area (Å²) >= 11 is 0. The Bertz CT molecular complexity index is 391. The zero-order chi connectivity index (χ0) is 11.3. The molecule has 7 nitrogen and oxygen atoms in total. The van der Waals surface area contributed by atoms with Gasteiger partial charge in [-0.25, -0.2) is 5.84 Å². The van der Waals surface area contributed by atoms with Crippen molar-refractivity contribution in [2.24, 2.45) is 16.8 Å². The highest BCUT2D eigenvalue weighted by Crippen LogP contribution is 2.21. The first kappa shape index (κ1) is 10.8. The summed E-state index contributed by atoms with van der Waals surface area (Å²) in [4.78, 5) is 10.1. The molecule has 1 amide bonds. The second kappa shape index (κ2) is 4.82. The van der Waals surface area contributed by atoms with Gasteiger partial charge >= 0.3 is 0 Å². The number of nitrogens with two attached hydrogens (primary N) is 2. The number of hydrazine groups is 1. The summed E-state index contributed by atoms with van der Waals surface area (Å²) in [5, 5.41) is 15.3. The lowest BCUT2D eigenvalue weighted by atomic mass is 10.1. The lowest BCUT2D eigenvalue weighted by Gasteiger charge is -2.07. The van der Waals surface area contributed by atoms with Crippen LogP contribution in [0.1, 0.15) is 5.56 Å². The first-order valence-electron chi connectivity index (χ1n) is 4.01. The maximum absolute atomic E-state index is 10.1. The molecule has 0 atom stereocenters. The van der Waals surface area contributed by atoms with Gasteiger partial charge in [0.15, 0.2) is 5.84 Å². The molecule has 1 rings (SSSR count). The van der Waals surface area contributed by atoms with E-state index in [9.17, 15) is 9.90 Å². The Morgan fingerprint density at radius 1 is 1.53 bits per heavy atom. The molecule has 0 aliphatic carbocycles. The smallest absolute Gasteiger partial charge is 0.211 e. The molecule has 0 aliphatic heterocycles. The Kier molecular flexibility index (Phi) is 3.47. The molecular formula is C8H11N5O2. The number of hydrogen-bond acceptors (Lipinski definition) is 5. The summed E-state index contributed by atoms with van der Waals surface area (Å²) in [5.74, 6) is 10.2. The van der Waals surface area contributed by atoms with Crippen LogP contribution in [0.5, 0.6) is 5.75 Å². The van der Waals surface area contributed by atoms with Gasteiger partial charge in [-0.1, -0.05) is 0 Å². The number of carbonyl (C=O) groups excluding carboxylic acids is 1. The number of carbonyl (C=O) groups is 1. The van der Waals surface area contributed by atoms with Gasteiger partial charge < -0.3 is 21.7 Å². The third kappa shape index (κ3) is 2.35. The molecule has 0 fully saturated rings. The average molecular weight is 209 g/mol. The summed E-state index contributed by atoms with van der Waals surface area (Å²) in [7, 11) is 0. The molecule has 0 spiro atoms. The highest BCUT2D eigenvalue weighted by molar-refractivity contribution is 6.01. The van der Waals surface area contributed by atoms with E-state index in [4.69, 9.17) is 11.7 Å². The van der Waals surface area contributed by atoms with E-state index in [1.54, 1.807) is 6.07 Å². The maximum atomic E-state index is 10.1. The fraction of sp³-hybridized carbons (Fsp3) is 0. The first-order chi connectivity index (χ1) is 7.22. The minimum absolute atomic E-state index is 0.0935. The molecule has 0 unspecified atom stereocenters. The average Bonchev–Trinajstić information content (AvgIpc) is 2.23. The van der Waals surface area contributed by atoms with Crippen LogP contribution in [0.25, 0.3) is 0 Å². The van der Waals surface area contributed by atoms with Crippen LogP contribution in [0.15, 0.2) is 23.3 Å². The Morgan fingerprint density at radius 3 is 2.73 bits per heavy atom. The number of aromatic hydroxyl groups is 1. The van der Waals surface area contributed by atoms with Gasteiger partial charge in [0.05, 0.1) is 5.56 Å². The first-order valence-corrected chi connectivity index (χ1v) is 4.01. The van der Waals surface area contributed by atoms with Crippen molar-refractivity contribution in [2.45, 2.75) is 0 Å². The number of rotatable bonds is 3. The zero-order valence-corrected chi connectivity index (χ0v) is 7.77. The van der Waals surface area contributed by atoms with Gasteiger partial charge in [-0.15, -0.1) is 0 Å². The Morgan fingerprint density at radius 2 is 2.27 bits per heavy atom. The number of amides is 1. The van der Waals surface area contributed by atoms with Crippen molar-refractivity contribution in [3.8, 4) is 5.75 Å². The predicted octanol–water partition coefficient (Wildman–Crippen LogP) is -0.956. The third-order valence-corrected chi connectivity index (χ3v) is 1.74. The van der Waals surface area contributed by atoms with Crippen molar-refractivity contribution in [2.75, 3.05) is 5.32 Å². The molecule has 7 heteroatoms. The Hall–Kier alpha value is -2.28. The summed E-state index contributed by atoms with van der Waals surface area (Å²) < 4.78 is 0. The van der Waals surface area contributed by atoms with Gasteiger partial charge in [-0.3, -0.25) is 4.79 Å². The van der Waals surface area contributed by atoms with Gasteiger partial charge in [0.2, 0.25) is 6.41 Å². The van der Waals surface area contributed by atoms with E-state index in [0.717, 1.165) is 0 Å². The molecule has 15 heavy (non-hydrogen) atoms. The Labute approximate surface area is 85.7 Å². The third-order valence-electron chi connectivity index (χ3n) is 1.74. The van der Waals surface area contributed by atoms with Crippen molar-refractivity contribution in [1.29, 1.82) is 0 Å². The zero-order valence-electron chi connectivity index (χ0n) is 7.77. The number of nitrogens with one attached hydrogen (secondary N) is 2. The molecule has 0 saturated carbocycles. The van der Waals surface area contributed by atoms with Crippen LogP contribution in [0, 0.1) is 0 Å². The number of amidine groups is 1. The number of phenols is 1. The summed E-state index contributed by atoms with van der Waals surface area (Å²) in [6.07, 6.45) is 0.508. The van der Waals surface area contributed by atoms with E-state index < -0.39 is 0 Å². The van der Waals surface area contributed by atoms with E-state index in [1.807, 2.05) is 0 Å². The Balaban J connectivity index is 3.07. The number of benzene rings is 1. The molecule has 0 saturated heterocycles. The largest absolute Gasteiger partial charge is 0.507 e. The van der Waals surface area contributed by atoms with Crippen molar-refractivity contribution >= 4 is 17.9 Å². The predicted molar refractivity (Wildman–Crippen MR) is 55.8 cm³/mol. The van der Waals surface area contributed by atoms with E-state index in [0.29, 0.717) is 17.7 Å². The standard InChI is InChI=1S/C8H11N5O2/c9-12-8(13-10)6-2-1-5(11-4-14)3-7(6)15/h1-4,15H,9-10H2,(H,11,14)(H,12,13). The van der Waals surface area contributed by atoms with Crippen LogP contribution in [0.4, 0.5) is 5.69 Å². The second-order valence-corrected chi connectivity index (χ2v) is 2.62. The quantitative estimate of drug-likeness (QED) is 0.144. The fourth-order valence-corrected chi connectivity index (χ4v) is 1.07. The number of hydrazone groups is 1. The highest BCUT2D eigenvalue weighted by Gasteiger charge is 2.08. The topological polar surface area (TPSA) is 126 Å². The molecule has 0 heterocycles. The van der Waals surface area contributed by atoms with Gasteiger partial charge in [-0.05, 0) is 12.1 Å². The van der Waals surface area contributed by atoms with Crippen molar-refractivity contribution in [3.05, 3.63) is 23.8 Å². The normalized spacial score (nSPS) is 10.9. The SMILES string of the molecule is N/N=C(\NN)c1ccc(NC=O)cc1O. The number of anilines is 1. The van der Waals surface area contributed by atoms with Crippen LogP contribution in [-0.2, 0) is 4.79 Å². The number of hydrogen-bond donors (Lipinski definition) is 5. The summed E-state index contributed by atoms with van der Waals surface area (Å²) in [6.45, 7) is 0. The van der Waals surface area contributed by atoms with Crippen LogP contribution in [-0.4, -0.2) is 17.4 Å². The molecule has 80 valence electrons. The van der Waals surface area contributed by atoms with Gasteiger partial charge in [0, 0.05) is 11.8 Å². The van der Waals surface area contributed by atoms with Crippen LogP contribution in [0.3, 0.4) is 0 Å². The van der Waals surface area contributed by atoms with E-state index in [-0.39, 0.29) is 11.6 Å². The molecule has 1 aromatic rings. The molecule has 0 aromatic heterocycles. The fourth-order valence-electron chi connectivity index (χ4n) is 1.07. The van der Waals surface area contributed by atoms with Gasteiger partial charge in [0.25, 0.3) is 0 Å². The van der Waals surface area contributed by atoms with E-state index >= 15 is 0 Å². The van der Waals surface area contributed by atoms with Gasteiger partial charge in [0.1, 0.15) is 5.75 Å². The summed E-state index contributed by atoms with van der Waals surface area (Å²) in [6, 6.07) is 4.45. The number of nitrogens with zero attached hydrogens (tertiary/aromatic N) is 1. The second-order valence-electron chi connectivity index (χ2n) is 2.62. The van der Waals surface area contributed by atoms with E-state index in [2.05, 4.69) is 15.8 Å². The van der Waals surface area contributed by atoms with Crippen LogP contribution >= 0.6 is 0 Å². The van der Waals surface area contributed by atoms with Crippen molar-refractivity contribution < 1.29 is 9.90 Å². The van der Waals surface area contributed by atoms with Crippen LogP contribution in [0.2, 0.25) is 0 Å². The minimum atomic E-state index is -0.0935. The minimum Gasteiger partial charge on any atom is -0.507 e. The number of phenolic OH excluding ortho intramolecular Hbond substituents is 1. The van der Waals surface area contributed by atoms with E-state index in [1.165, 1.54) is 12.1 Å². The van der Waals surface area contributed by atoms with Crippen molar-refractivity contribution in [3.63, 3.8) is 0 Å². The molecule has 0 aliphatic rings.